The molecule has 92 valence electrons. The van der Waals surface area contributed by atoms with Crippen LogP contribution in [-0.2, 0) is 4.74 Å². The third kappa shape index (κ3) is 4.06. The number of hydrogen-bond acceptors (Lipinski definition) is 4. The lowest BCUT2D eigenvalue weighted by atomic mass is 10.1. The Kier molecular flexibility index (Phi) is 6.08. The van der Waals surface area contributed by atoms with E-state index in [0.717, 1.165) is 5.56 Å². The van der Waals surface area contributed by atoms with Crippen LogP contribution in [0.4, 0.5) is 0 Å². The van der Waals surface area contributed by atoms with Crippen molar-refractivity contribution in [3.05, 3.63) is 29.8 Å². The van der Waals surface area contributed by atoms with Gasteiger partial charge in [-0.3, -0.25) is 0 Å². The highest BCUT2D eigenvalue weighted by molar-refractivity contribution is 5.37. The molecule has 1 N–H and O–H groups in total. The van der Waals surface area contributed by atoms with Crippen molar-refractivity contribution < 1.29 is 14.6 Å². The molecule has 0 amide bonds. The Labute approximate surface area is 101 Å². The molecule has 1 aromatic rings. The molecule has 0 saturated carbocycles. The van der Waals surface area contributed by atoms with Crippen LogP contribution in [0.15, 0.2) is 24.3 Å². The summed E-state index contributed by atoms with van der Waals surface area (Å²) in [6, 6.07) is 9.43. The molecule has 4 heteroatoms. The van der Waals surface area contributed by atoms with Crippen molar-refractivity contribution in [2.75, 3.05) is 19.8 Å². The van der Waals surface area contributed by atoms with Crippen LogP contribution >= 0.6 is 0 Å². The second-order valence-electron chi connectivity index (χ2n) is 3.43. The standard InChI is InChI=1S/C13H17NO3/c1-2-16-12-7-4-3-6-11(12)13(10-14)17-9-5-8-15/h3-4,6-7,13,15H,2,5,8-9H2,1H3. The van der Waals surface area contributed by atoms with Crippen LogP contribution in [0.2, 0.25) is 0 Å². The predicted octanol–water partition coefficient (Wildman–Crippen LogP) is 2.05. The van der Waals surface area contributed by atoms with Gasteiger partial charge in [0, 0.05) is 12.2 Å². The maximum Gasteiger partial charge on any atom is 0.172 e. The molecule has 0 radical (unpaired) electrons. The lowest BCUT2D eigenvalue weighted by molar-refractivity contribution is 0.0755. The van der Waals surface area contributed by atoms with Gasteiger partial charge in [-0.05, 0) is 19.4 Å². The Balaban J connectivity index is 2.76. The van der Waals surface area contributed by atoms with Gasteiger partial charge in [0.1, 0.15) is 5.75 Å². The zero-order valence-corrected chi connectivity index (χ0v) is 9.93. The Morgan fingerprint density at radius 2 is 2.18 bits per heavy atom. The minimum absolute atomic E-state index is 0.0608. The van der Waals surface area contributed by atoms with Crippen LogP contribution in [-0.4, -0.2) is 24.9 Å². The topological polar surface area (TPSA) is 62.5 Å². The Morgan fingerprint density at radius 3 is 2.82 bits per heavy atom. The fourth-order valence-electron chi connectivity index (χ4n) is 1.45. The van der Waals surface area contributed by atoms with Crippen molar-refractivity contribution in [1.29, 1.82) is 5.26 Å². The van der Waals surface area contributed by atoms with Gasteiger partial charge < -0.3 is 14.6 Å². The molecule has 0 heterocycles. The van der Waals surface area contributed by atoms with E-state index in [1.165, 1.54) is 0 Å². The molecule has 0 aliphatic carbocycles. The van der Waals surface area contributed by atoms with E-state index in [9.17, 15) is 0 Å². The first-order valence-electron chi connectivity index (χ1n) is 5.67. The number of para-hydroxylation sites is 1. The SMILES string of the molecule is CCOc1ccccc1C(C#N)OCCCO. The van der Waals surface area contributed by atoms with Crippen molar-refractivity contribution in [2.24, 2.45) is 0 Å². The van der Waals surface area contributed by atoms with Crippen LogP contribution in [0.3, 0.4) is 0 Å². The summed E-state index contributed by atoms with van der Waals surface area (Å²) in [6.45, 7) is 2.86. The maximum absolute atomic E-state index is 9.08. The fourth-order valence-corrected chi connectivity index (χ4v) is 1.45. The molecule has 4 nitrogen and oxygen atoms in total. The second kappa shape index (κ2) is 7.66. The van der Waals surface area contributed by atoms with Crippen molar-refractivity contribution in [3.63, 3.8) is 0 Å². The second-order valence-corrected chi connectivity index (χ2v) is 3.43. The van der Waals surface area contributed by atoms with E-state index in [4.69, 9.17) is 19.8 Å². The molecular weight excluding hydrogens is 218 g/mol. The molecule has 0 saturated heterocycles. The van der Waals surface area contributed by atoms with Crippen LogP contribution in [0.5, 0.6) is 5.75 Å². The Morgan fingerprint density at radius 1 is 1.41 bits per heavy atom. The molecular formula is C13H17NO3. The number of nitrogens with zero attached hydrogens (tertiary/aromatic N) is 1. The molecule has 1 rings (SSSR count). The van der Waals surface area contributed by atoms with Gasteiger partial charge in [0.15, 0.2) is 6.10 Å². The molecule has 0 fully saturated rings. The van der Waals surface area contributed by atoms with Gasteiger partial charge >= 0.3 is 0 Å². The lowest BCUT2D eigenvalue weighted by Gasteiger charge is -2.14. The molecule has 0 bridgehead atoms. The van der Waals surface area contributed by atoms with Crippen molar-refractivity contribution >= 4 is 0 Å². The van der Waals surface area contributed by atoms with E-state index in [-0.39, 0.29) is 6.61 Å². The highest BCUT2D eigenvalue weighted by atomic mass is 16.5. The van der Waals surface area contributed by atoms with Crippen LogP contribution in [0, 0.1) is 11.3 Å². The zero-order chi connectivity index (χ0) is 12.5. The Hall–Kier alpha value is -1.57. The molecule has 0 aliphatic heterocycles. The Bertz CT molecular complexity index is 373. The quantitative estimate of drug-likeness (QED) is 0.735. The highest BCUT2D eigenvalue weighted by Gasteiger charge is 2.15. The molecule has 0 spiro atoms. The van der Waals surface area contributed by atoms with Crippen LogP contribution in [0.25, 0.3) is 0 Å². The summed E-state index contributed by atoms with van der Waals surface area (Å²) < 4.78 is 10.8. The molecule has 17 heavy (non-hydrogen) atoms. The first kappa shape index (κ1) is 13.5. The maximum atomic E-state index is 9.08. The highest BCUT2D eigenvalue weighted by Crippen LogP contribution is 2.27. The van der Waals surface area contributed by atoms with Gasteiger partial charge in [-0.2, -0.15) is 5.26 Å². The number of ether oxygens (including phenoxy) is 2. The van der Waals surface area contributed by atoms with Crippen LogP contribution < -0.4 is 4.74 Å². The normalized spacial score (nSPS) is 11.8. The summed E-state index contributed by atoms with van der Waals surface area (Å²) in [5.41, 5.74) is 0.731. The largest absolute Gasteiger partial charge is 0.493 e. The van der Waals surface area contributed by atoms with Gasteiger partial charge in [-0.1, -0.05) is 18.2 Å². The third-order valence-electron chi connectivity index (χ3n) is 2.21. The minimum atomic E-state index is -0.649. The van der Waals surface area contributed by atoms with E-state index in [1.54, 1.807) is 0 Å². The minimum Gasteiger partial charge on any atom is -0.493 e. The number of hydrogen-bond donors (Lipinski definition) is 1. The molecule has 1 unspecified atom stereocenters. The van der Waals surface area contributed by atoms with Crippen LogP contribution in [0.1, 0.15) is 25.0 Å². The molecule has 1 atom stereocenters. The van der Waals surface area contributed by atoms with Gasteiger partial charge in [0.2, 0.25) is 0 Å². The van der Waals surface area contributed by atoms with Gasteiger partial charge in [-0.15, -0.1) is 0 Å². The summed E-state index contributed by atoms with van der Waals surface area (Å²) in [4.78, 5) is 0. The smallest absolute Gasteiger partial charge is 0.172 e. The van der Waals surface area contributed by atoms with Crippen molar-refractivity contribution in [3.8, 4) is 11.8 Å². The van der Waals surface area contributed by atoms with E-state index in [2.05, 4.69) is 6.07 Å². The number of aliphatic hydroxyl groups is 1. The average molecular weight is 235 g/mol. The number of aliphatic hydroxyl groups excluding tert-OH is 1. The van der Waals surface area contributed by atoms with Gasteiger partial charge in [0.25, 0.3) is 0 Å². The third-order valence-corrected chi connectivity index (χ3v) is 2.21. The summed E-state index contributed by atoms with van der Waals surface area (Å²) in [7, 11) is 0. The fraction of sp³-hybridized carbons (Fsp3) is 0.462. The summed E-state index contributed by atoms with van der Waals surface area (Å²) in [5, 5.41) is 17.8. The first-order chi connectivity index (χ1) is 8.33. The summed E-state index contributed by atoms with van der Waals surface area (Å²) in [5.74, 6) is 0.672. The summed E-state index contributed by atoms with van der Waals surface area (Å²) in [6.07, 6.45) is -0.126. The summed E-state index contributed by atoms with van der Waals surface area (Å²) >= 11 is 0. The van der Waals surface area contributed by atoms with Gasteiger partial charge in [0.05, 0.1) is 19.3 Å². The monoisotopic (exact) mass is 235 g/mol. The predicted molar refractivity (Wildman–Crippen MR) is 63.6 cm³/mol. The molecule has 1 aromatic carbocycles. The first-order valence-corrected chi connectivity index (χ1v) is 5.67. The van der Waals surface area contributed by atoms with E-state index >= 15 is 0 Å². The molecule has 0 aliphatic rings. The molecule has 0 aromatic heterocycles. The number of rotatable bonds is 7. The van der Waals surface area contributed by atoms with Gasteiger partial charge in [-0.25, -0.2) is 0 Å². The number of nitriles is 1. The van der Waals surface area contributed by atoms with E-state index in [1.807, 2.05) is 31.2 Å². The van der Waals surface area contributed by atoms with E-state index < -0.39 is 6.10 Å². The van der Waals surface area contributed by atoms with Crippen molar-refractivity contribution in [2.45, 2.75) is 19.4 Å². The zero-order valence-electron chi connectivity index (χ0n) is 9.93. The van der Waals surface area contributed by atoms with Crippen molar-refractivity contribution in [1.82, 2.24) is 0 Å². The lowest BCUT2D eigenvalue weighted by Crippen LogP contribution is -2.07. The average Bonchev–Trinajstić information content (AvgIpc) is 2.36. The number of benzene rings is 1. The van der Waals surface area contributed by atoms with E-state index in [0.29, 0.717) is 25.4 Å².